The van der Waals surface area contributed by atoms with Crippen LogP contribution in [0.2, 0.25) is 0 Å². The second kappa shape index (κ2) is 7.78. The molecule has 120 valence electrons. The van der Waals surface area contributed by atoms with Gasteiger partial charge in [0.25, 0.3) is 5.91 Å². The Balaban J connectivity index is 2.15. The summed E-state index contributed by atoms with van der Waals surface area (Å²) in [7, 11) is 1.56. The molecule has 23 heavy (non-hydrogen) atoms. The van der Waals surface area contributed by atoms with Crippen LogP contribution in [-0.4, -0.2) is 23.8 Å². The van der Waals surface area contributed by atoms with Crippen LogP contribution in [0.1, 0.15) is 29.3 Å². The number of hydrazone groups is 1. The third kappa shape index (κ3) is 4.32. The largest absolute Gasteiger partial charge is 0.508 e. The number of halogens is 1. The van der Waals surface area contributed by atoms with Crippen molar-refractivity contribution in [3.8, 4) is 11.5 Å². The summed E-state index contributed by atoms with van der Waals surface area (Å²) < 4.78 is 5.84. The van der Waals surface area contributed by atoms with Crippen LogP contribution < -0.4 is 10.2 Å². The number of carbonyl (C=O) groups excluding carboxylic acids is 1. The van der Waals surface area contributed by atoms with Crippen LogP contribution in [-0.2, 0) is 0 Å². The van der Waals surface area contributed by atoms with Gasteiger partial charge in [-0.3, -0.25) is 4.79 Å². The number of hydrogen-bond acceptors (Lipinski definition) is 4. The van der Waals surface area contributed by atoms with E-state index in [0.717, 1.165) is 11.3 Å². The molecule has 0 aliphatic rings. The number of phenols is 1. The van der Waals surface area contributed by atoms with Gasteiger partial charge in [0.2, 0.25) is 0 Å². The normalized spacial score (nSPS) is 11.2. The highest BCUT2D eigenvalue weighted by atomic mass is 79.9. The lowest BCUT2D eigenvalue weighted by Gasteiger charge is -2.07. The number of rotatable bonds is 5. The molecule has 0 atom stereocenters. The molecule has 6 heteroatoms. The van der Waals surface area contributed by atoms with Crippen molar-refractivity contribution < 1.29 is 14.6 Å². The average Bonchev–Trinajstić information content (AvgIpc) is 2.56. The number of phenolic OH excluding ortho intramolecular Hbond substituents is 1. The smallest absolute Gasteiger partial charge is 0.271 e. The number of ether oxygens (including phenoxy) is 1. The van der Waals surface area contributed by atoms with E-state index in [1.165, 1.54) is 0 Å². The lowest BCUT2D eigenvalue weighted by Crippen LogP contribution is -2.20. The van der Waals surface area contributed by atoms with E-state index in [1.807, 2.05) is 6.92 Å². The van der Waals surface area contributed by atoms with E-state index in [-0.39, 0.29) is 11.7 Å². The molecule has 2 aromatic rings. The van der Waals surface area contributed by atoms with E-state index in [9.17, 15) is 9.90 Å². The summed E-state index contributed by atoms with van der Waals surface area (Å²) in [6.07, 6.45) is 0.650. The molecule has 0 heterocycles. The Hall–Kier alpha value is -2.34. The molecule has 0 aromatic heterocycles. The first-order valence-electron chi connectivity index (χ1n) is 7.05. The number of aromatic hydroxyl groups is 1. The van der Waals surface area contributed by atoms with E-state index in [0.29, 0.717) is 22.2 Å². The Morgan fingerprint density at radius 1 is 1.22 bits per heavy atom. The van der Waals surface area contributed by atoms with Crippen molar-refractivity contribution in [2.75, 3.05) is 7.11 Å². The van der Waals surface area contributed by atoms with Gasteiger partial charge in [0.15, 0.2) is 0 Å². The molecule has 0 aliphatic carbocycles. The van der Waals surface area contributed by atoms with Crippen molar-refractivity contribution in [3.63, 3.8) is 0 Å². The van der Waals surface area contributed by atoms with Crippen LogP contribution in [0.25, 0.3) is 0 Å². The molecule has 2 rings (SSSR count). The van der Waals surface area contributed by atoms with Crippen molar-refractivity contribution in [3.05, 3.63) is 58.1 Å². The summed E-state index contributed by atoms with van der Waals surface area (Å²) in [5.41, 5.74) is 4.60. The first-order chi connectivity index (χ1) is 11.0. The minimum atomic E-state index is -0.307. The second-order valence-electron chi connectivity index (χ2n) is 4.75. The average molecular weight is 377 g/mol. The molecule has 0 spiro atoms. The molecule has 0 aliphatic heterocycles. The number of methoxy groups -OCH3 is 1. The zero-order valence-corrected chi connectivity index (χ0v) is 14.4. The lowest BCUT2D eigenvalue weighted by atomic mass is 10.1. The maximum Gasteiger partial charge on any atom is 0.271 e. The molecular formula is C17H17BrN2O3. The first-order valence-corrected chi connectivity index (χ1v) is 7.84. The Labute approximate surface area is 143 Å². The molecule has 5 nitrogen and oxygen atoms in total. The van der Waals surface area contributed by atoms with Gasteiger partial charge in [-0.2, -0.15) is 5.10 Å². The summed E-state index contributed by atoms with van der Waals surface area (Å²) in [5, 5.41) is 13.5. The third-order valence-electron chi connectivity index (χ3n) is 3.24. The highest BCUT2D eigenvalue weighted by Gasteiger charge is 2.09. The summed E-state index contributed by atoms with van der Waals surface area (Å²) >= 11 is 3.35. The van der Waals surface area contributed by atoms with E-state index < -0.39 is 0 Å². The van der Waals surface area contributed by atoms with Crippen molar-refractivity contribution in [1.29, 1.82) is 0 Å². The van der Waals surface area contributed by atoms with Gasteiger partial charge in [-0.1, -0.05) is 6.92 Å². The van der Waals surface area contributed by atoms with Gasteiger partial charge in [0.1, 0.15) is 11.5 Å². The van der Waals surface area contributed by atoms with Gasteiger partial charge in [-0.15, -0.1) is 0 Å². The van der Waals surface area contributed by atoms with E-state index in [1.54, 1.807) is 49.6 Å². The molecule has 0 saturated heterocycles. The minimum absolute atomic E-state index is 0.191. The van der Waals surface area contributed by atoms with Crippen LogP contribution in [0.15, 0.2) is 52.0 Å². The summed E-state index contributed by atoms with van der Waals surface area (Å²) in [4.78, 5) is 12.2. The van der Waals surface area contributed by atoms with Crippen LogP contribution in [0.4, 0.5) is 0 Å². The SMILES string of the molecule is CCC(=NNC(=O)c1ccc(OC)c(Br)c1)c1ccc(O)cc1. The van der Waals surface area contributed by atoms with Gasteiger partial charge in [-0.05, 0) is 70.4 Å². The fourth-order valence-corrected chi connectivity index (χ4v) is 2.53. The van der Waals surface area contributed by atoms with E-state index in [2.05, 4.69) is 26.5 Å². The number of benzene rings is 2. The van der Waals surface area contributed by atoms with E-state index >= 15 is 0 Å². The predicted octanol–water partition coefficient (Wildman–Crippen LogP) is 3.71. The molecular weight excluding hydrogens is 360 g/mol. The molecule has 0 bridgehead atoms. The van der Waals surface area contributed by atoms with Gasteiger partial charge in [0, 0.05) is 5.56 Å². The molecule has 0 saturated carbocycles. The van der Waals surface area contributed by atoms with Gasteiger partial charge >= 0.3 is 0 Å². The maximum absolute atomic E-state index is 12.2. The van der Waals surface area contributed by atoms with Gasteiger partial charge in [0.05, 0.1) is 17.3 Å². The molecule has 0 unspecified atom stereocenters. The summed E-state index contributed by atoms with van der Waals surface area (Å²) in [6, 6.07) is 11.7. The second-order valence-corrected chi connectivity index (χ2v) is 5.60. The highest BCUT2D eigenvalue weighted by Crippen LogP contribution is 2.25. The zero-order valence-electron chi connectivity index (χ0n) is 12.8. The van der Waals surface area contributed by atoms with Crippen molar-refractivity contribution in [2.24, 2.45) is 5.10 Å². The van der Waals surface area contributed by atoms with E-state index in [4.69, 9.17) is 4.74 Å². The van der Waals surface area contributed by atoms with Crippen LogP contribution in [0.3, 0.4) is 0 Å². The summed E-state index contributed by atoms with van der Waals surface area (Å²) in [6.45, 7) is 1.95. The van der Waals surface area contributed by atoms with Crippen LogP contribution in [0.5, 0.6) is 11.5 Å². The Morgan fingerprint density at radius 3 is 2.43 bits per heavy atom. The van der Waals surface area contributed by atoms with Crippen molar-refractivity contribution in [1.82, 2.24) is 5.43 Å². The highest BCUT2D eigenvalue weighted by molar-refractivity contribution is 9.10. The summed E-state index contributed by atoms with van der Waals surface area (Å²) in [5.74, 6) is 0.540. The van der Waals surface area contributed by atoms with Crippen molar-refractivity contribution >= 4 is 27.5 Å². The predicted molar refractivity (Wildman–Crippen MR) is 93.1 cm³/mol. The van der Waals surface area contributed by atoms with Gasteiger partial charge < -0.3 is 9.84 Å². The van der Waals surface area contributed by atoms with Crippen molar-refractivity contribution in [2.45, 2.75) is 13.3 Å². The fraction of sp³-hybridized carbons (Fsp3) is 0.176. The number of carbonyl (C=O) groups is 1. The monoisotopic (exact) mass is 376 g/mol. The maximum atomic E-state index is 12.2. The molecule has 2 aromatic carbocycles. The number of nitrogens with zero attached hydrogens (tertiary/aromatic N) is 1. The number of amides is 1. The first kappa shape index (κ1) is 17.0. The standard InChI is InChI=1S/C17H17BrN2O3/c1-3-15(11-4-7-13(21)8-5-11)19-20-17(22)12-6-9-16(23-2)14(18)10-12/h4-10,21H,3H2,1-2H3,(H,20,22). The van der Waals surface area contributed by atoms with Crippen LogP contribution >= 0.6 is 15.9 Å². The minimum Gasteiger partial charge on any atom is -0.508 e. The molecule has 1 amide bonds. The quantitative estimate of drug-likeness (QED) is 0.617. The van der Waals surface area contributed by atoms with Crippen LogP contribution in [0, 0.1) is 0 Å². The molecule has 2 N–H and O–H groups in total. The lowest BCUT2D eigenvalue weighted by molar-refractivity contribution is 0.0954. The Bertz CT molecular complexity index is 727. The zero-order chi connectivity index (χ0) is 16.8. The number of nitrogens with one attached hydrogen (secondary N) is 1. The topological polar surface area (TPSA) is 70.9 Å². The Morgan fingerprint density at radius 2 is 1.87 bits per heavy atom. The fourth-order valence-electron chi connectivity index (χ4n) is 1.99. The van der Waals surface area contributed by atoms with Gasteiger partial charge in [-0.25, -0.2) is 5.43 Å². The Kier molecular flexibility index (Phi) is 5.76. The number of hydrogen-bond donors (Lipinski definition) is 2. The third-order valence-corrected chi connectivity index (χ3v) is 3.86. The molecule has 0 radical (unpaired) electrons. The molecule has 0 fully saturated rings.